The summed E-state index contributed by atoms with van der Waals surface area (Å²) in [6.45, 7) is 7.41. The average molecular weight is 428 g/mol. The number of nitrogens with two attached hydrogens (primary N) is 1. The number of nitrogens with zero attached hydrogens (tertiary/aromatic N) is 3. The number of likely N-dealkylation sites (tertiary alicyclic amines) is 1. The minimum Gasteiger partial charge on any atom is -0.444 e. The topological polar surface area (TPSA) is 102 Å². The zero-order valence-corrected chi connectivity index (χ0v) is 17.0. The zero-order valence-electron chi connectivity index (χ0n) is 15.4. The number of ether oxygens (including phenoxy) is 1. The van der Waals surface area contributed by atoms with Gasteiger partial charge in [-0.05, 0) is 61.9 Å². The van der Waals surface area contributed by atoms with Crippen LogP contribution in [0.3, 0.4) is 0 Å². The number of carbonyl (C=O) groups is 2. The van der Waals surface area contributed by atoms with Gasteiger partial charge in [-0.3, -0.25) is 4.79 Å². The Balaban J connectivity index is 1.77. The number of aromatic nitrogens is 2. The van der Waals surface area contributed by atoms with Crippen LogP contribution in [0.5, 0.6) is 0 Å². The zero-order chi connectivity index (χ0) is 19.1. The number of carbonyl (C=O) groups excluding carboxylic acids is 2. The molecule has 1 aliphatic heterocycles. The summed E-state index contributed by atoms with van der Waals surface area (Å²) in [4.78, 5) is 25.9. The molecule has 3 rings (SSSR count). The molecule has 2 fully saturated rings. The minimum atomic E-state index is -0.528. The highest BCUT2D eigenvalue weighted by molar-refractivity contribution is 9.10. The second-order valence-corrected chi connectivity index (χ2v) is 8.77. The first-order chi connectivity index (χ1) is 12.2. The molecule has 144 valence electrons. The van der Waals surface area contributed by atoms with E-state index in [1.807, 2.05) is 20.8 Å². The fraction of sp³-hybridized carbons (Fsp3) is 0.706. The molecular weight excluding hydrogens is 402 g/mol. The summed E-state index contributed by atoms with van der Waals surface area (Å²) in [7, 11) is 0. The lowest BCUT2D eigenvalue weighted by atomic mass is 10.2. The Bertz CT molecular complexity index is 708. The third kappa shape index (κ3) is 4.31. The molecule has 0 bridgehead atoms. The van der Waals surface area contributed by atoms with Gasteiger partial charge in [-0.1, -0.05) is 0 Å². The van der Waals surface area contributed by atoms with E-state index in [4.69, 9.17) is 10.5 Å². The number of anilines is 1. The third-order valence-electron chi connectivity index (χ3n) is 4.53. The van der Waals surface area contributed by atoms with Crippen molar-refractivity contribution in [1.29, 1.82) is 0 Å². The quantitative estimate of drug-likeness (QED) is 0.751. The Hall–Kier alpha value is -1.77. The fourth-order valence-corrected chi connectivity index (χ4v) is 3.61. The van der Waals surface area contributed by atoms with Gasteiger partial charge in [-0.15, -0.1) is 0 Å². The highest BCUT2D eigenvalue weighted by Crippen LogP contribution is 2.34. The Labute approximate surface area is 161 Å². The molecule has 1 aromatic rings. The number of rotatable bonds is 5. The maximum atomic E-state index is 12.3. The van der Waals surface area contributed by atoms with Crippen LogP contribution in [0.2, 0.25) is 0 Å². The molecule has 26 heavy (non-hydrogen) atoms. The van der Waals surface area contributed by atoms with Crippen LogP contribution >= 0.6 is 15.9 Å². The van der Waals surface area contributed by atoms with Crippen molar-refractivity contribution in [3.8, 4) is 0 Å². The predicted octanol–water partition coefficient (Wildman–Crippen LogP) is 2.75. The Morgan fingerprint density at radius 1 is 1.35 bits per heavy atom. The van der Waals surface area contributed by atoms with E-state index in [0.29, 0.717) is 35.0 Å². The maximum Gasteiger partial charge on any atom is 0.410 e. The molecule has 0 aromatic carbocycles. The first-order valence-electron chi connectivity index (χ1n) is 8.95. The molecule has 0 spiro atoms. The number of hydrogen-bond acceptors (Lipinski definition) is 5. The highest BCUT2D eigenvalue weighted by Gasteiger charge is 2.34. The first kappa shape index (κ1) is 19.0. The second-order valence-electron chi connectivity index (χ2n) is 8.02. The molecule has 1 aromatic heterocycles. The van der Waals surface area contributed by atoms with Crippen LogP contribution in [0, 0.1) is 5.92 Å². The van der Waals surface area contributed by atoms with Crippen LogP contribution in [-0.4, -0.2) is 51.9 Å². The molecule has 8 nitrogen and oxygen atoms in total. The molecule has 1 aliphatic carbocycles. The highest BCUT2D eigenvalue weighted by atomic mass is 79.9. The van der Waals surface area contributed by atoms with Crippen molar-refractivity contribution < 1.29 is 14.3 Å². The van der Waals surface area contributed by atoms with Gasteiger partial charge in [0.1, 0.15) is 21.6 Å². The van der Waals surface area contributed by atoms with Crippen molar-refractivity contribution in [1.82, 2.24) is 14.7 Å². The largest absolute Gasteiger partial charge is 0.444 e. The minimum absolute atomic E-state index is 0.0337. The average Bonchev–Trinajstić information content (AvgIpc) is 3.09. The summed E-state index contributed by atoms with van der Waals surface area (Å²) >= 11 is 3.34. The molecule has 1 saturated carbocycles. The van der Waals surface area contributed by atoms with Crippen molar-refractivity contribution in [2.24, 2.45) is 11.7 Å². The van der Waals surface area contributed by atoms with Crippen LogP contribution in [0.1, 0.15) is 56.4 Å². The van der Waals surface area contributed by atoms with Crippen LogP contribution in [-0.2, 0) is 4.74 Å². The Morgan fingerprint density at radius 3 is 2.62 bits per heavy atom. The molecule has 0 unspecified atom stereocenters. The van der Waals surface area contributed by atoms with Gasteiger partial charge in [0.15, 0.2) is 0 Å². The van der Waals surface area contributed by atoms with Crippen molar-refractivity contribution in [2.75, 3.05) is 25.0 Å². The monoisotopic (exact) mass is 427 g/mol. The first-order valence-corrected chi connectivity index (χ1v) is 9.74. The van der Waals surface area contributed by atoms with E-state index in [1.54, 1.807) is 9.58 Å². The summed E-state index contributed by atoms with van der Waals surface area (Å²) in [5.74, 6) is 0.746. The molecule has 1 atom stereocenters. The molecule has 9 heteroatoms. The summed E-state index contributed by atoms with van der Waals surface area (Å²) in [6.07, 6.45) is 2.81. The van der Waals surface area contributed by atoms with E-state index in [2.05, 4.69) is 26.3 Å². The van der Waals surface area contributed by atoms with Gasteiger partial charge >= 0.3 is 6.09 Å². The van der Waals surface area contributed by atoms with Crippen LogP contribution in [0.25, 0.3) is 0 Å². The SMILES string of the molecule is CC(C)(C)OC(=O)N1CC[C@H](n2nc(Br)c(C(N)=O)c2NCC2CC2)C1. The lowest BCUT2D eigenvalue weighted by Crippen LogP contribution is -2.35. The predicted molar refractivity (Wildman–Crippen MR) is 101 cm³/mol. The van der Waals surface area contributed by atoms with E-state index < -0.39 is 11.5 Å². The van der Waals surface area contributed by atoms with E-state index in [9.17, 15) is 9.59 Å². The van der Waals surface area contributed by atoms with E-state index in [0.717, 1.165) is 13.0 Å². The van der Waals surface area contributed by atoms with Crippen molar-refractivity contribution in [3.63, 3.8) is 0 Å². The van der Waals surface area contributed by atoms with Gasteiger partial charge in [0, 0.05) is 19.6 Å². The summed E-state index contributed by atoms with van der Waals surface area (Å²) in [5, 5.41) is 7.81. The number of primary amides is 1. The van der Waals surface area contributed by atoms with Gasteiger partial charge in [0.25, 0.3) is 5.91 Å². The number of hydrogen-bond donors (Lipinski definition) is 2. The normalized spacial score (nSPS) is 20.3. The van der Waals surface area contributed by atoms with E-state index in [-0.39, 0.29) is 12.1 Å². The van der Waals surface area contributed by atoms with Crippen LogP contribution < -0.4 is 11.1 Å². The summed E-state index contributed by atoms with van der Waals surface area (Å²) in [6, 6.07) is -0.0337. The van der Waals surface area contributed by atoms with Gasteiger partial charge in [-0.2, -0.15) is 5.10 Å². The van der Waals surface area contributed by atoms with Gasteiger partial charge in [-0.25, -0.2) is 9.48 Å². The van der Waals surface area contributed by atoms with Crippen LogP contribution in [0.15, 0.2) is 4.60 Å². The van der Waals surface area contributed by atoms with Crippen molar-refractivity contribution >= 4 is 33.7 Å². The summed E-state index contributed by atoms with van der Waals surface area (Å²) < 4.78 is 7.67. The number of nitrogens with one attached hydrogen (secondary N) is 1. The third-order valence-corrected chi connectivity index (χ3v) is 5.09. The maximum absolute atomic E-state index is 12.3. The fourth-order valence-electron chi connectivity index (χ4n) is 3.06. The molecular formula is C17H26BrN5O3. The Kier molecular flexibility index (Phi) is 5.18. The summed E-state index contributed by atoms with van der Waals surface area (Å²) in [5.41, 5.74) is 5.38. The van der Waals surface area contributed by atoms with E-state index in [1.165, 1.54) is 12.8 Å². The van der Waals surface area contributed by atoms with Gasteiger partial charge < -0.3 is 20.7 Å². The van der Waals surface area contributed by atoms with Crippen molar-refractivity contribution in [2.45, 2.75) is 51.7 Å². The van der Waals surface area contributed by atoms with Gasteiger partial charge in [0.2, 0.25) is 0 Å². The standard InChI is InChI=1S/C17H26BrN5O3/c1-17(2,3)26-16(25)22-7-6-11(9-22)23-15(20-8-10-4-5-10)12(14(19)24)13(18)21-23/h10-11,20H,4-9H2,1-3H3,(H2,19,24)/t11-/m0/s1. The molecule has 2 amide bonds. The number of amides is 2. The molecule has 1 saturated heterocycles. The molecule has 3 N–H and O–H groups in total. The second kappa shape index (κ2) is 7.09. The van der Waals surface area contributed by atoms with E-state index >= 15 is 0 Å². The molecule has 0 radical (unpaired) electrons. The molecule has 2 aliphatic rings. The number of halogens is 1. The van der Waals surface area contributed by atoms with Gasteiger partial charge in [0.05, 0.1) is 6.04 Å². The lowest BCUT2D eigenvalue weighted by Gasteiger charge is -2.24. The Morgan fingerprint density at radius 2 is 2.04 bits per heavy atom. The lowest BCUT2D eigenvalue weighted by molar-refractivity contribution is 0.0288. The van der Waals surface area contributed by atoms with Crippen LogP contribution in [0.4, 0.5) is 10.6 Å². The van der Waals surface area contributed by atoms with Crippen molar-refractivity contribution in [3.05, 3.63) is 10.2 Å². The smallest absolute Gasteiger partial charge is 0.410 e. The molecule has 2 heterocycles.